The van der Waals surface area contributed by atoms with Gasteiger partial charge in [-0.15, -0.1) is 0 Å². The van der Waals surface area contributed by atoms with Crippen molar-refractivity contribution in [2.75, 3.05) is 5.32 Å². The van der Waals surface area contributed by atoms with Gasteiger partial charge in [0.1, 0.15) is 5.76 Å². The van der Waals surface area contributed by atoms with Gasteiger partial charge in [-0.1, -0.05) is 5.16 Å². The van der Waals surface area contributed by atoms with Crippen LogP contribution in [0.5, 0.6) is 0 Å². The lowest BCUT2D eigenvalue weighted by atomic mass is 10.1. The molecule has 0 aliphatic carbocycles. The summed E-state index contributed by atoms with van der Waals surface area (Å²) < 4.78 is 5.03. The predicted molar refractivity (Wildman–Crippen MR) is 74.1 cm³/mol. The Bertz CT molecular complexity index is 659. The van der Waals surface area contributed by atoms with E-state index in [-0.39, 0.29) is 23.7 Å². The van der Waals surface area contributed by atoms with Gasteiger partial charge < -0.3 is 14.9 Å². The van der Waals surface area contributed by atoms with Gasteiger partial charge in [-0.05, 0) is 32.4 Å². The Labute approximate surface area is 121 Å². The Morgan fingerprint density at radius 2 is 2.14 bits per heavy atom. The van der Waals surface area contributed by atoms with Crippen LogP contribution < -0.4 is 5.32 Å². The van der Waals surface area contributed by atoms with Gasteiger partial charge in [0.25, 0.3) is 0 Å². The number of amides is 1. The van der Waals surface area contributed by atoms with E-state index in [1.807, 2.05) is 6.92 Å². The number of pyridine rings is 1. The van der Waals surface area contributed by atoms with Crippen LogP contribution in [0.1, 0.15) is 33.9 Å². The van der Waals surface area contributed by atoms with Crippen molar-refractivity contribution in [2.45, 2.75) is 26.7 Å². The zero-order chi connectivity index (χ0) is 15.4. The summed E-state index contributed by atoms with van der Waals surface area (Å²) in [7, 11) is 0. The maximum Gasteiger partial charge on any atom is 0.356 e. The molecule has 2 aromatic rings. The van der Waals surface area contributed by atoms with Crippen molar-refractivity contribution >= 4 is 17.6 Å². The first-order chi connectivity index (χ1) is 9.99. The van der Waals surface area contributed by atoms with Crippen LogP contribution in [0.2, 0.25) is 0 Å². The molecule has 21 heavy (non-hydrogen) atoms. The molecule has 0 unspecified atom stereocenters. The number of hydrogen-bond acceptors (Lipinski definition) is 5. The Balaban J connectivity index is 2.01. The molecular formula is C14H15N3O4. The van der Waals surface area contributed by atoms with Crippen LogP contribution in [-0.2, 0) is 11.2 Å². The van der Waals surface area contributed by atoms with E-state index < -0.39 is 5.97 Å². The molecule has 0 radical (unpaired) electrons. The summed E-state index contributed by atoms with van der Waals surface area (Å²) in [6, 6.07) is 3.07. The average molecular weight is 289 g/mol. The number of carboxylic acid groups (broad SMARTS) is 1. The van der Waals surface area contributed by atoms with Gasteiger partial charge in [-0.25, -0.2) is 9.78 Å². The Morgan fingerprint density at radius 1 is 1.38 bits per heavy atom. The lowest BCUT2D eigenvalue weighted by molar-refractivity contribution is -0.116. The molecule has 0 bridgehead atoms. The maximum absolute atomic E-state index is 11.9. The highest BCUT2D eigenvalue weighted by Crippen LogP contribution is 2.16. The van der Waals surface area contributed by atoms with E-state index in [0.717, 1.165) is 11.3 Å². The van der Waals surface area contributed by atoms with Crippen LogP contribution >= 0.6 is 0 Å². The summed E-state index contributed by atoms with van der Waals surface area (Å²) in [6.07, 6.45) is 2.05. The van der Waals surface area contributed by atoms with E-state index in [4.69, 9.17) is 9.63 Å². The van der Waals surface area contributed by atoms with Gasteiger partial charge in [0.05, 0.1) is 11.4 Å². The molecule has 0 aliphatic heterocycles. The molecule has 0 spiro atoms. The second-order valence-electron chi connectivity index (χ2n) is 4.56. The summed E-state index contributed by atoms with van der Waals surface area (Å²) in [5.74, 6) is -0.782. The molecule has 0 saturated carbocycles. The molecule has 0 aromatic carbocycles. The monoisotopic (exact) mass is 289 g/mol. The summed E-state index contributed by atoms with van der Waals surface area (Å²) in [5.41, 5.74) is 1.67. The van der Waals surface area contributed by atoms with Crippen molar-refractivity contribution in [3.63, 3.8) is 0 Å². The normalized spacial score (nSPS) is 10.4. The molecule has 0 fully saturated rings. The minimum Gasteiger partial charge on any atom is -0.476 e. The largest absolute Gasteiger partial charge is 0.476 e. The molecule has 7 heteroatoms. The van der Waals surface area contributed by atoms with E-state index in [9.17, 15) is 9.59 Å². The number of rotatable bonds is 5. The first-order valence-electron chi connectivity index (χ1n) is 6.39. The first kappa shape index (κ1) is 14.7. The standard InChI is InChI=1S/C14H15N3O4/c1-8-10(9(2)21-17-8)5-6-12(18)16-11-4-3-7-15-13(11)14(19)20/h3-4,7H,5-6H2,1-2H3,(H,16,18)(H,19,20). The summed E-state index contributed by atoms with van der Waals surface area (Å²) in [5, 5.41) is 15.4. The number of carbonyl (C=O) groups is 2. The third-order valence-corrected chi connectivity index (χ3v) is 3.07. The van der Waals surface area contributed by atoms with Crippen molar-refractivity contribution in [1.29, 1.82) is 0 Å². The molecule has 2 rings (SSSR count). The summed E-state index contributed by atoms with van der Waals surface area (Å²) in [6.45, 7) is 3.60. The fraction of sp³-hybridized carbons (Fsp3) is 0.286. The van der Waals surface area contributed by atoms with Gasteiger partial charge in [0, 0.05) is 18.2 Å². The number of aryl methyl sites for hydroxylation is 2. The molecule has 1 amide bonds. The number of anilines is 1. The highest BCUT2D eigenvalue weighted by Gasteiger charge is 2.15. The number of hydrogen-bond donors (Lipinski definition) is 2. The van der Waals surface area contributed by atoms with Crippen molar-refractivity contribution in [2.24, 2.45) is 0 Å². The van der Waals surface area contributed by atoms with Crippen molar-refractivity contribution in [1.82, 2.24) is 10.1 Å². The first-order valence-corrected chi connectivity index (χ1v) is 6.39. The molecule has 0 saturated heterocycles. The zero-order valence-corrected chi connectivity index (χ0v) is 11.7. The second-order valence-corrected chi connectivity index (χ2v) is 4.56. The van der Waals surface area contributed by atoms with E-state index in [0.29, 0.717) is 12.2 Å². The van der Waals surface area contributed by atoms with E-state index in [2.05, 4.69) is 15.5 Å². The molecule has 110 valence electrons. The zero-order valence-electron chi connectivity index (χ0n) is 11.7. The molecule has 2 N–H and O–H groups in total. The van der Waals surface area contributed by atoms with Crippen LogP contribution in [0.4, 0.5) is 5.69 Å². The third kappa shape index (κ3) is 3.44. The quantitative estimate of drug-likeness (QED) is 0.871. The second kappa shape index (κ2) is 6.17. The smallest absolute Gasteiger partial charge is 0.356 e. The Morgan fingerprint density at radius 3 is 2.76 bits per heavy atom. The van der Waals surface area contributed by atoms with Crippen LogP contribution in [-0.4, -0.2) is 27.1 Å². The fourth-order valence-corrected chi connectivity index (χ4v) is 1.99. The SMILES string of the molecule is Cc1noc(C)c1CCC(=O)Nc1cccnc1C(=O)O. The average Bonchev–Trinajstić information content (AvgIpc) is 2.76. The van der Waals surface area contributed by atoms with Gasteiger partial charge in [-0.2, -0.15) is 0 Å². The number of nitrogens with one attached hydrogen (secondary N) is 1. The van der Waals surface area contributed by atoms with Gasteiger partial charge in [0.15, 0.2) is 5.69 Å². The topological polar surface area (TPSA) is 105 Å². The summed E-state index contributed by atoms with van der Waals surface area (Å²) >= 11 is 0. The highest BCUT2D eigenvalue weighted by molar-refractivity contribution is 5.99. The summed E-state index contributed by atoms with van der Waals surface area (Å²) in [4.78, 5) is 26.7. The lowest BCUT2D eigenvalue weighted by Crippen LogP contribution is -2.16. The van der Waals surface area contributed by atoms with Crippen molar-refractivity contribution < 1.29 is 19.2 Å². The number of nitrogens with zero attached hydrogens (tertiary/aromatic N) is 2. The number of aromatic nitrogens is 2. The lowest BCUT2D eigenvalue weighted by Gasteiger charge is -2.07. The molecule has 2 aromatic heterocycles. The number of aromatic carboxylic acids is 1. The predicted octanol–water partition coefficient (Wildman–Crippen LogP) is 1.96. The third-order valence-electron chi connectivity index (χ3n) is 3.07. The number of carboxylic acids is 1. The molecular weight excluding hydrogens is 274 g/mol. The minimum atomic E-state index is -1.18. The van der Waals surface area contributed by atoms with E-state index in [1.165, 1.54) is 12.3 Å². The molecule has 0 atom stereocenters. The van der Waals surface area contributed by atoms with Crippen molar-refractivity contribution in [3.8, 4) is 0 Å². The Hall–Kier alpha value is -2.70. The maximum atomic E-state index is 11.9. The van der Waals surface area contributed by atoms with E-state index in [1.54, 1.807) is 13.0 Å². The van der Waals surface area contributed by atoms with Gasteiger partial charge in [0.2, 0.25) is 5.91 Å². The highest BCUT2D eigenvalue weighted by atomic mass is 16.5. The molecule has 2 heterocycles. The van der Waals surface area contributed by atoms with Gasteiger partial charge in [-0.3, -0.25) is 4.79 Å². The Kier molecular flexibility index (Phi) is 4.32. The van der Waals surface area contributed by atoms with E-state index >= 15 is 0 Å². The van der Waals surface area contributed by atoms with Crippen molar-refractivity contribution in [3.05, 3.63) is 41.0 Å². The number of carbonyl (C=O) groups excluding carboxylic acids is 1. The molecule has 0 aliphatic rings. The van der Waals surface area contributed by atoms with Crippen LogP contribution in [0, 0.1) is 13.8 Å². The van der Waals surface area contributed by atoms with Crippen LogP contribution in [0.25, 0.3) is 0 Å². The molecule has 7 nitrogen and oxygen atoms in total. The van der Waals surface area contributed by atoms with Gasteiger partial charge >= 0.3 is 5.97 Å². The van der Waals surface area contributed by atoms with Crippen LogP contribution in [0.15, 0.2) is 22.9 Å². The minimum absolute atomic E-state index is 0.178. The fourth-order valence-electron chi connectivity index (χ4n) is 1.99. The van der Waals surface area contributed by atoms with Crippen LogP contribution in [0.3, 0.4) is 0 Å².